The van der Waals surface area contributed by atoms with E-state index in [0.29, 0.717) is 5.88 Å². The molecular formula is C16H20N2O5. The van der Waals surface area contributed by atoms with Crippen LogP contribution in [0.4, 0.5) is 0 Å². The van der Waals surface area contributed by atoms with Crippen LogP contribution in [0, 0.1) is 6.92 Å². The molecule has 0 bridgehead atoms. The van der Waals surface area contributed by atoms with Gasteiger partial charge in [0.2, 0.25) is 12.2 Å². The van der Waals surface area contributed by atoms with Gasteiger partial charge >= 0.3 is 0 Å². The number of hydrogen-bond acceptors (Lipinski definition) is 6. The minimum absolute atomic E-state index is 0.161. The second-order valence-corrected chi connectivity index (χ2v) is 5.59. The van der Waals surface area contributed by atoms with Gasteiger partial charge in [0, 0.05) is 12.5 Å². The molecule has 1 saturated heterocycles. The summed E-state index contributed by atoms with van der Waals surface area (Å²) >= 11 is 0. The molecule has 1 aromatic heterocycles. The summed E-state index contributed by atoms with van der Waals surface area (Å²) in [6.45, 7) is 1.58. The fourth-order valence-electron chi connectivity index (χ4n) is 2.56. The maximum atomic E-state index is 10.1. The molecule has 1 fully saturated rings. The number of hydrogen-bond donors (Lipinski definition) is 3. The van der Waals surface area contributed by atoms with Gasteiger partial charge in [-0.05, 0) is 19.1 Å². The molecular weight excluding hydrogens is 300 g/mol. The van der Waals surface area contributed by atoms with E-state index < -0.39 is 24.6 Å². The fourth-order valence-corrected chi connectivity index (χ4v) is 2.56. The molecule has 0 amide bonds. The number of para-hydroxylation sites is 1. The highest BCUT2D eigenvalue weighted by Gasteiger charge is 2.38. The molecule has 7 heteroatoms. The summed E-state index contributed by atoms with van der Waals surface area (Å²) in [5, 5.41) is 33.5. The van der Waals surface area contributed by atoms with Crippen LogP contribution < -0.4 is 4.74 Å². The third-order valence-corrected chi connectivity index (χ3v) is 3.74. The molecule has 23 heavy (non-hydrogen) atoms. The topological polar surface area (TPSA) is 97.0 Å². The van der Waals surface area contributed by atoms with Gasteiger partial charge in [0.25, 0.3) is 0 Å². The fraction of sp³-hybridized carbons (Fsp3) is 0.438. The smallest absolute Gasteiger partial charge is 0.230 e. The lowest BCUT2D eigenvalue weighted by Gasteiger charge is -2.36. The van der Waals surface area contributed by atoms with Crippen molar-refractivity contribution in [2.75, 3.05) is 6.61 Å². The van der Waals surface area contributed by atoms with E-state index in [2.05, 4.69) is 5.10 Å². The standard InChI is InChI=1S/C16H20N2O5/c1-10-7-14(18(17-10)11-5-3-2-4-6-11)23-16-15(21)13(20)8-12(9-19)22-16/h2-7,12-13,15-16,19-21H,8-9H2,1H3/t12-,13-,15+,16?/m0/s1. The normalized spacial score (nSPS) is 27.8. The van der Waals surface area contributed by atoms with Crippen molar-refractivity contribution in [3.05, 3.63) is 42.1 Å². The maximum absolute atomic E-state index is 10.1. The molecule has 0 spiro atoms. The van der Waals surface area contributed by atoms with Gasteiger partial charge in [0.1, 0.15) is 6.10 Å². The van der Waals surface area contributed by atoms with Crippen LogP contribution >= 0.6 is 0 Å². The first kappa shape index (κ1) is 15.9. The van der Waals surface area contributed by atoms with Gasteiger partial charge in [0.05, 0.1) is 30.2 Å². The number of aryl methyl sites for hydroxylation is 1. The number of aliphatic hydroxyl groups is 3. The molecule has 124 valence electrons. The molecule has 3 N–H and O–H groups in total. The SMILES string of the molecule is Cc1cc(OC2O[C@H](CO)C[C@H](O)[C@H]2O)n(-c2ccccc2)n1. The zero-order chi connectivity index (χ0) is 16.4. The molecule has 0 aliphatic carbocycles. The van der Waals surface area contributed by atoms with Crippen LogP contribution in [0.15, 0.2) is 36.4 Å². The van der Waals surface area contributed by atoms with Gasteiger partial charge < -0.3 is 24.8 Å². The minimum atomic E-state index is -1.20. The summed E-state index contributed by atoms with van der Waals surface area (Å²) in [4.78, 5) is 0. The molecule has 2 heterocycles. The summed E-state index contributed by atoms with van der Waals surface area (Å²) in [6.07, 6.45) is -3.70. The Morgan fingerprint density at radius 3 is 2.74 bits per heavy atom. The molecule has 0 saturated carbocycles. The number of rotatable bonds is 4. The maximum Gasteiger partial charge on any atom is 0.230 e. The number of ether oxygens (including phenoxy) is 2. The third-order valence-electron chi connectivity index (χ3n) is 3.74. The number of aromatic nitrogens is 2. The predicted molar refractivity (Wildman–Crippen MR) is 81.3 cm³/mol. The average molecular weight is 320 g/mol. The van der Waals surface area contributed by atoms with Crippen LogP contribution in [0.2, 0.25) is 0 Å². The van der Waals surface area contributed by atoms with Crippen molar-refractivity contribution in [2.24, 2.45) is 0 Å². The third kappa shape index (κ3) is 3.37. The Kier molecular flexibility index (Phi) is 4.63. The first-order chi connectivity index (χ1) is 11.1. The molecule has 3 rings (SSSR count). The van der Waals surface area contributed by atoms with Crippen LogP contribution in [0.5, 0.6) is 5.88 Å². The summed E-state index contributed by atoms with van der Waals surface area (Å²) in [7, 11) is 0. The van der Waals surface area contributed by atoms with Crippen LogP contribution in [-0.4, -0.2) is 56.3 Å². The highest BCUT2D eigenvalue weighted by Crippen LogP contribution is 2.26. The summed E-state index contributed by atoms with van der Waals surface area (Å²) in [6, 6.07) is 11.1. The van der Waals surface area contributed by atoms with Gasteiger partial charge in [0.15, 0.2) is 0 Å². The zero-order valence-corrected chi connectivity index (χ0v) is 12.7. The van der Waals surface area contributed by atoms with Crippen LogP contribution in [0.3, 0.4) is 0 Å². The lowest BCUT2D eigenvalue weighted by atomic mass is 10.0. The van der Waals surface area contributed by atoms with Crippen molar-refractivity contribution in [3.63, 3.8) is 0 Å². The van der Waals surface area contributed by atoms with Gasteiger partial charge in [-0.25, -0.2) is 4.68 Å². The number of nitrogens with zero attached hydrogens (tertiary/aromatic N) is 2. The Hall–Kier alpha value is -1.93. The monoisotopic (exact) mass is 320 g/mol. The van der Waals surface area contributed by atoms with E-state index >= 15 is 0 Å². The first-order valence-corrected chi connectivity index (χ1v) is 7.49. The van der Waals surface area contributed by atoms with E-state index in [1.807, 2.05) is 37.3 Å². The number of aliphatic hydroxyl groups excluding tert-OH is 3. The highest BCUT2D eigenvalue weighted by atomic mass is 16.7. The Bertz CT molecular complexity index is 645. The Balaban J connectivity index is 1.85. The van der Waals surface area contributed by atoms with Crippen molar-refractivity contribution < 1.29 is 24.8 Å². The molecule has 1 aliphatic heterocycles. The van der Waals surface area contributed by atoms with Crippen molar-refractivity contribution in [1.82, 2.24) is 9.78 Å². The summed E-state index contributed by atoms with van der Waals surface area (Å²) in [5.41, 5.74) is 1.55. The summed E-state index contributed by atoms with van der Waals surface area (Å²) < 4.78 is 12.8. The quantitative estimate of drug-likeness (QED) is 0.754. The molecule has 1 aromatic carbocycles. The van der Waals surface area contributed by atoms with Crippen molar-refractivity contribution >= 4 is 0 Å². The largest absolute Gasteiger partial charge is 0.445 e. The first-order valence-electron chi connectivity index (χ1n) is 7.49. The molecule has 7 nitrogen and oxygen atoms in total. The zero-order valence-electron chi connectivity index (χ0n) is 12.7. The van der Waals surface area contributed by atoms with Gasteiger partial charge in [-0.3, -0.25) is 0 Å². The summed E-state index contributed by atoms with van der Waals surface area (Å²) in [5.74, 6) is 0.392. The second kappa shape index (κ2) is 6.67. The van der Waals surface area contributed by atoms with Crippen molar-refractivity contribution in [1.29, 1.82) is 0 Å². The van der Waals surface area contributed by atoms with E-state index in [1.165, 1.54) is 0 Å². The van der Waals surface area contributed by atoms with Crippen LogP contribution in [-0.2, 0) is 4.74 Å². The molecule has 0 radical (unpaired) electrons. The molecule has 1 unspecified atom stereocenters. The Morgan fingerprint density at radius 2 is 2.04 bits per heavy atom. The minimum Gasteiger partial charge on any atom is -0.445 e. The number of benzene rings is 1. The van der Waals surface area contributed by atoms with E-state index in [9.17, 15) is 15.3 Å². The highest BCUT2D eigenvalue weighted by molar-refractivity contribution is 5.35. The molecule has 2 aromatic rings. The second-order valence-electron chi connectivity index (χ2n) is 5.59. The molecule has 1 aliphatic rings. The predicted octanol–water partition coefficient (Wildman–Crippen LogP) is 0.389. The lowest BCUT2D eigenvalue weighted by Crippen LogP contribution is -2.51. The average Bonchev–Trinajstić information content (AvgIpc) is 2.93. The Morgan fingerprint density at radius 1 is 1.30 bits per heavy atom. The van der Waals surface area contributed by atoms with E-state index in [1.54, 1.807) is 10.7 Å². The van der Waals surface area contributed by atoms with E-state index in [4.69, 9.17) is 9.47 Å². The van der Waals surface area contributed by atoms with Crippen LogP contribution in [0.1, 0.15) is 12.1 Å². The van der Waals surface area contributed by atoms with Gasteiger partial charge in [-0.1, -0.05) is 18.2 Å². The van der Waals surface area contributed by atoms with Gasteiger partial charge in [-0.15, -0.1) is 0 Å². The Labute approximate surface area is 133 Å². The van der Waals surface area contributed by atoms with Crippen molar-refractivity contribution in [3.8, 4) is 11.6 Å². The van der Waals surface area contributed by atoms with Crippen LogP contribution in [0.25, 0.3) is 5.69 Å². The lowest BCUT2D eigenvalue weighted by molar-refractivity contribution is -0.242. The van der Waals surface area contributed by atoms with E-state index in [-0.39, 0.29) is 13.0 Å². The van der Waals surface area contributed by atoms with E-state index in [0.717, 1.165) is 11.4 Å². The van der Waals surface area contributed by atoms with Gasteiger partial charge in [-0.2, -0.15) is 5.10 Å². The molecule has 4 atom stereocenters. The van der Waals surface area contributed by atoms with Crippen molar-refractivity contribution in [2.45, 2.75) is 37.9 Å².